The van der Waals surface area contributed by atoms with Gasteiger partial charge in [0.15, 0.2) is 5.78 Å². The van der Waals surface area contributed by atoms with Gasteiger partial charge in [-0.3, -0.25) is 9.59 Å². The van der Waals surface area contributed by atoms with Gasteiger partial charge in [-0.2, -0.15) is 0 Å². The molecular weight excluding hydrogens is 242 g/mol. The molecule has 0 aromatic heterocycles. The van der Waals surface area contributed by atoms with Crippen molar-refractivity contribution in [1.29, 1.82) is 0 Å². The van der Waals surface area contributed by atoms with Crippen LogP contribution in [0.5, 0.6) is 0 Å². The molecule has 0 aliphatic heterocycles. The second-order valence-electron chi connectivity index (χ2n) is 4.72. The van der Waals surface area contributed by atoms with Crippen molar-refractivity contribution in [3.63, 3.8) is 0 Å². The molecule has 1 aromatic rings. The summed E-state index contributed by atoms with van der Waals surface area (Å²) in [7, 11) is 3.51. The fourth-order valence-electron chi connectivity index (χ4n) is 1.95. The zero-order chi connectivity index (χ0) is 14.6. The number of amides is 1. The lowest BCUT2D eigenvalue weighted by Crippen LogP contribution is -2.34. The van der Waals surface area contributed by atoms with E-state index >= 15 is 0 Å². The zero-order valence-corrected chi connectivity index (χ0v) is 11.9. The molecule has 3 N–H and O–H groups in total. The van der Waals surface area contributed by atoms with E-state index in [4.69, 9.17) is 5.73 Å². The van der Waals surface area contributed by atoms with Crippen LogP contribution >= 0.6 is 0 Å². The molecule has 5 heteroatoms. The van der Waals surface area contributed by atoms with E-state index in [0.29, 0.717) is 17.8 Å². The molecule has 5 nitrogen and oxygen atoms in total. The number of benzene rings is 1. The highest BCUT2D eigenvalue weighted by atomic mass is 16.1. The van der Waals surface area contributed by atoms with E-state index in [2.05, 4.69) is 5.32 Å². The Hall–Kier alpha value is -2.04. The third-order valence-electron chi connectivity index (χ3n) is 3.10. The number of nitrogens with one attached hydrogen (secondary N) is 1. The monoisotopic (exact) mass is 263 g/mol. The summed E-state index contributed by atoms with van der Waals surface area (Å²) in [4.78, 5) is 24.7. The SMILES string of the molecule is CNC(=O)C(C)CN(C)c1ccc(C(C)=O)c(N)c1. The predicted octanol–water partition coefficient (Wildman–Crippen LogP) is 1.29. The standard InChI is InChI=1S/C14H21N3O2/c1-9(14(19)16-3)8-17(4)11-5-6-12(10(2)18)13(15)7-11/h5-7,9H,8,15H2,1-4H3,(H,16,19). The summed E-state index contributed by atoms with van der Waals surface area (Å²) in [5, 5.41) is 2.62. The van der Waals surface area contributed by atoms with Crippen molar-refractivity contribution in [2.75, 3.05) is 31.3 Å². The van der Waals surface area contributed by atoms with E-state index in [-0.39, 0.29) is 17.6 Å². The molecule has 0 bridgehead atoms. The number of carbonyl (C=O) groups is 2. The Balaban J connectivity index is 2.83. The minimum absolute atomic E-state index is 0.000165. The molecule has 1 rings (SSSR count). The molecule has 19 heavy (non-hydrogen) atoms. The van der Waals surface area contributed by atoms with Gasteiger partial charge in [-0.25, -0.2) is 0 Å². The van der Waals surface area contributed by atoms with E-state index in [1.807, 2.05) is 24.9 Å². The van der Waals surface area contributed by atoms with Crippen molar-refractivity contribution >= 4 is 23.1 Å². The second kappa shape index (κ2) is 6.22. The number of hydrogen-bond donors (Lipinski definition) is 2. The van der Waals surface area contributed by atoms with Crippen molar-refractivity contribution in [2.45, 2.75) is 13.8 Å². The van der Waals surface area contributed by atoms with Crippen LogP contribution in [-0.2, 0) is 4.79 Å². The molecule has 0 saturated carbocycles. The van der Waals surface area contributed by atoms with Crippen LogP contribution in [0, 0.1) is 5.92 Å². The van der Waals surface area contributed by atoms with Crippen LogP contribution in [0.2, 0.25) is 0 Å². The molecule has 104 valence electrons. The molecule has 1 unspecified atom stereocenters. The summed E-state index contributed by atoms with van der Waals surface area (Å²) in [6, 6.07) is 5.31. The van der Waals surface area contributed by atoms with E-state index in [1.165, 1.54) is 6.92 Å². The van der Waals surface area contributed by atoms with Crippen molar-refractivity contribution in [1.82, 2.24) is 5.32 Å². The highest BCUT2D eigenvalue weighted by molar-refractivity contribution is 5.99. The fourth-order valence-corrected chi connectivity index (χ4v) is 1.95. The number of rotatable bonds is 5. The summed E-state index contributed by atoms with van der Waals surface area (Å²) < 4.78 is 0. The summed E-state index contributed by atoms with van der Waals surface area (Å²) >= 11 is 0. The molecule has 0 spiro atoms. The largest absolute Gasteiger partial charge is 0.398 e. The summed E-state index contributed by atoms with van der Waals surface area (Å²) in [5.74, 6) is -0.172. The molecular formula is C14H21N3O2. The number of nitrogens with zero attached hydrogens (tertiary/aromatic N) is 1. The Morgan fingerprint density at radius 3 is 2.53 bits per heavy atom. The maximum absolute atomic E-state index is 11.5. The lowest BCUT2D eigenvalue weighted by molar-refractivity contribution is -0.123. The van der Waals surface area contributed by atoms with Gasteiger partial charge in [-0.15, -0.1) is 0 Å². The molecule has 1 amide bonds. The predicted molar refractivity (Wildman–Crippen MR) is 77.4 cm³/mol. The van der Waals surface area contributed by atoms with Gasteiger partial charge in [0.2, 0.25) is 5.91 Å². The third kappa shape index (κ3) is 3.71. The van der Waals surface area contributed by atoms with E-state index in [9.17, 15) is 9.59 Å². The van der Waals surface area contributed by atoms with Gasteiger partial charge in [0.05, 0.1) is 5.92 Å². The Morgan fingerprint density at radius 2 is 2.05 bits per heavy atom. The molecule has 1 atom stereocenters. The van der Waals surface area contributed by atoms with Gasteiger partial charge in [-0.05, 0) is 25.1 Å². The number of nitrogens with two attached hydrogens (primary N) is 1. The highest BCUT2D eigenvalue weighted by Gasteiger charge is 2.15. The minimum Gasteiger partial charge on any atom is -0.398 e. The van der Waals surface area contributed by atoms with Crippen LogP contribution in [0.1, 0.15) is 24.2 Å². The molecule has 0 fully saturated rings. The number of carbonyl (C=O) groups excluding carboxylic acids is 2. The first-order chi connectivity index (χ1) is 8.86. The third-order valence-corrected chi connectivity index (χ3v) is 3.10. The number of Topliss-reactive ketones (excluding diaryl/α,β-unsaturated/α-hetero) is 1. The smallest absolute Gasteiger partial charge is 0.224 e. The number of ketones is 1. The Kier molecular flexibility index (Phi) is 4.92. The normalized spacial score (nSPS) is 11.8. The zero-order valence-electron chi connectivity index (χ0n) is 11.9. The summed E-state index contributed by atoms with van der Waals surface area (Å²) in [5.41, 5.74) is 7.72. The Bertz CT molecular complexity index is 486. The fraction of sp³-hybridized carbons (Fsp3) is 0.429. The molecule has 1 aromatic carbocycles. The van der Waals surface area contributed by atoms with Gasteiger partial charge < -0.3 is 16.0 Å². The molecule has 0 heterocycles. The van der Waals surface area contributed by atoms with Gasteiger partial charge in [0, 0.05) is 37.6 Å². The van der Waals surface area contributed by atoms with Crippen LogP contribution in [0.4, 0.5) is 11.4 Å². The minimum atomic E-state index is -0.122. The highest BCUT2D eigenvalue weighted by Crippen LogP contribution is 2.21. The average Bonchev–Trinajstić information content (AvgIpc) is 2.36. The first-order valence-corrected chi connectivity index (χ1v) is 6.20. The van der Waals surface area contributed by atoms with Crippen molar-refractivity contribution in [3.05, 3.63) is 23.8 Å². The van der Waals surface area contributed by atoms with E-state index in [0.717, 1.165) is 5.69 Å². The maximum atomic E-state index is 11.5. The van der Waals surface area contributed by atoms with Gasteiger partial charge in [0.1, 0.15) is 0 Å². The molecule has 0 saturated heterocycles. The van der Waals surface area contributed by atoms with Crippen molar-refractivity contribution in [3.8, 4) is 0 Å². The summed E-state index contributed by atoms with van der Waals surface area (Å²) in [6.45, 7) is 3.93. The lowest BCUT2D eigenvalue weighted by atomic mass is 10.1. The molecule has 0 radical (unpaired) electrons. The lowest BCUT2D eigenvalue weighted by Gasteiger charge is -2.23. The van der Waals surface area contributed by atoms with Gasteiger partial charge >= 0.3 is 0 Å². The van der Waals surface area contributed by atoms with Gasteiger partial charge in [-0.1, -0.05) is 6.92 Å². The summed E-state index contributed by atoms with van der Waals surface area (Å²) in [6.07, 6.45) is 0. The van der Waals surface area contributed by atoms with Crippen LogP contribution in [-0.4, -0.2) is 32.3 Å². The van der Waals surface area contributed by atoms with Crippen molar-refractivity contribution < 1.29 is 9.59 Å². The van der Waals surface area contributed by atoms with E-state index in [1.54, 1.807) is 19.2 Å². The average molecular weight is 263 g/mol. The molecule has 0 aliphatic carbocycles. The number of hydrogen-bond acceptors (Lipinski definition) is 4. The second-order valence-corrected chi connectivity index (χ2v) is 4.72. The number of nitrogen functional groups attached to an aromatic ring is 1. The van der Waals surface area contributed by atoms with E-state index < -0.39 is 0 Å². The maximum Gasteiger partial charge on any atom is 0.224 e. The number of anilines is 2. The topological polar surface area (TPSA) is 75.4 Å². The first-order valence-electron chi connectivity index (χ1n) is 6.20. The first kappa shape index (κ1) is 15.0. The quantitative estimate of drug-likeness (QED) is 0.620. The van der Waals surface area contributed by atoms with Crippen LogP contribution in [0.25, 0.3) is 0 Å². The Labute approximate surface area is 113 Å². The van der Waals surface area contributed by atoms with Gasteiger partial charge in [0.25, 0.3) is 0 Å². The van der Waals surface area contributed by atoms with Crippen molar-refractivity contribution in [2.24, 2.45) is 5.92 Å². The van der Waals surface area contributed by atoms with Crippen LogP contribution in [0.15, 0.2) is 18.2 Å². The van der Waals surface area contributed by atoms with Crippen LogP contribution in [0.3, 0.4) is 0 Å². The Morgan fingerprint density at radius 1 is 1.42 bits per heavy atom. The molecule has 0 aliphatic rings. The van der Waals surface area contributed by atoms with Crippen LogP contribution < -0.4 is 16.0 Å².